The van der Waals surface area contributed by atoms with Gasteiger partial charge < -0.3 is 10.4 Å². The maximum absolute atomic E-state index is 10.9. The first-order chi connectivity index (χ1) is 8.06. The fraction of sp³-hybridized carbons (Fsp3) is 0.182. The highest BCUT2D eigenvalue weighted by molar-refractivity contribution is 5.87. The van der Waals surface area contributed by atoms with Crippen LogP contribution in [0.2, 0.25) is 0 Å². The Balaban J connectivity index is 3.24. The van der Waals surface area contributed by atoms with Crippen molar-refractivity contribution in [3.8, 4) is 0 Å². The molecule has 0 saturated carbocycles. The van der Waals surface area contributed by atoms with E-state index in [4.69, 9.17) is 5.11 Å². The SMILES string of the molecule is CCNc1cccc(/C=C/C(=O)O)c1[N+](=O)[O-]. The minimum atomic E-state index is -1.15. The zero-order valence-corrected chi connectivity index (χ0v) is 9.21. The number of nitrogens with zero attached hydrogens (tertiary/aromatic N) is 1. The van der Waals surface area contributed by atoms with Gasteiger partial charge in [-0.3, -0.25) is 10.1 Å². The summed E-state index contributed by atoms with van der Waals surface area (Å²) in [5.41, 5.74) is 0.521. The smallest absolute Gasteiger partial charge is 0.328 e. The van der Waals surface area contributed by atoms with Crippen LogP contribution < -0.4 is 5.32 Å². The van der Waals surface area contributed by atoms with E-state index < -0.39 is 10.9 Å². The summed E-state index contributed by atoms with van der Waals surface area (Å²) < 4.78 is 0. The van der Waals surface area contributed by atoms with E-state index >= 15 is 0 Å². The molecule has 0 bridgehead atoms. The molecule has 2 N–H and O–H groups in total. The molecular formula is C11H12N2O4. The molecule has 1 aromatic carbocycles. The topological polar surface area (TPSA) is 92.5 Å². The van der Waals surface area contributed by atoms with Gasteiger partial charge in [-0.05, 0) is 25.1 Å². The lowest BCUT2D eigenvalue weighted by Gasteiger charge is -2.06. The van der Waals surface area contributed by atoms with E-state index in [-0.39, 0.29) is 11.3 Å². The van der Waals surface area contributed by atoms with E-state index in [2.05, 4.69) is 5.32 Å². The van der Waals surface area contributed by atoms with E-state index in [0.29, 0.717) is 12.2 Å². The molecule has 0 radical (unpaired) electrons. The van der Waals surface area contributed by atoms with Gasteiger partial charge >= 0.3 is 5.97 Å². The van der Waals surface area contributed by atoms with E-state index in [1.807, 2.05) is 6.92 Å². The normalized spacial score (nSPS) is 10.4. The van der Waals surface area contributed by atoms with Crippen LogP contribution in [0.3, 0.4) is 0 Å². The van der Waals surface area contributed by atoms with Gasteiger partial charge in [0.15, 0.2) is 0 Å². The average molecular weight is 236 g/mol. The second kappa shape index (κ2) is 5.64. The number of hydrogen-bond donors (Lipinski definition) is 2. The van der Waals surface area contributed by atoms with Crippen molar-refractivity contribution in [3.63, 3.8) is 0 Å². The van der Waals surface area contributed by atoms with Crippen LogP contribution in [0, 0.1) is 10.1 Å². The number of anilines is 1. The Bertz CT molecular complexity index is 469. The maximum Gasteiger partial charge on any atom is 0.328 e. The molecule has 0 fully saturated rings. The van der Waals surface area contributed by atoms with Crippen LogP contribution >= 0.6 is 0 Å². The minimum absolute atomic E-state index is 0.119. The molecule has 0 aliphatic carbocycles. The van der Waals surface area contributed by atoms with Gasteiger partial charge in [-0.15, -0.1) is 0 Å². The lowest BCUT2D eigenvalue weighted by atomic mass is 10.1. The molecule has 0 atom stereocenters. The highest BCUT2D eigenvalue weighted by atomic mass is 16.6. The van der Waals surface area contributed by atoms with Gasteiger partial charge in [0.25, 0.3) is 5.69 Å². The average Bonchev–Trinajstić information content (AvgIpc) is 2.26. The number of para-hydroxylation sites is 1. The monoisotopic (exact) mass is 236 g/mol. The standard InChI is InChI=1S/C11H12N2O4/c1-2-12-9-5-3-4-8(6-7-10(14)15)11(9)13(16)17/h3-7,12H,2H2,1H3,(H,14,15)/b7-6+. The molecule has 0 saturated heterocycles. The first-order valence-corrected chi connectivity index (χ1v) is 4.98. The molecule has 0 aliphatic heterocycles. The quantitative estimate of drug-likeness (QED) is 0.464. The van der Waals surface area contributed by atoms with Crippen molar-refractivity contribution in [2.24, 2.45) is 0 Å². The van der Waals surface area contributed by atoms with Crippen LogP contribution in [0.4, 0.5) is 11.4 Å². The van der Waals surface area contributed by atoms with Gasteiger partial charge in [0, 0.05) is 12.6 Å². The molecule has 0 unspecified atom stereocenters. The third-order valence-corrected chi connectivity index (χ3v) is 2.02. The lowest BCUT2D eigenvalue weighted by Crippen LogP contribution is -2.02. The highest BCUT2D eigenvalue weighted by Crippen LogP contribution is 2.29. The van der Waals surface area contributed by atoms with Gasteiger partial charge in [-0.25, -0.2) is 4.79 Å². The van der Waals surface area contributed by atoms with Crippen molar-refractivity contribution in [2.45, 2.75) is 6.92 Å². The van der Waals surface area contributed by atoms with Gasteiger partial charge in [-0.2, -0.15) is 0 Å². The van der Waals surface area contributed by atoms with E-state index in [0.717, 1.165) is 6.08 Å². The summed E-state index contributed by atoms with van der Waals surface area (Å²) in [5.74, 6) is -1.15. The number of benzene rings is 1. The van der Waals surface area contributed by atoms with E-state index in [1.54, 1.807) is 12.1 Å². The number of carbonyl (C=O) groups is 1. The van der Waals surface area contributed by atoms with Crippen LogP contribution in [-0.2, 0) is 4.79 Å². The summed E-state index contributed by atoms with van der Waals surface area (Å²) in [5, 5.41) is 22.3. The molecule has 0 heterocycles. The molecular weight excluding hydrogens is 224 g/mol. The minimum Gasteiger partial charge on any atom is -0.478 e. The molecule has 6 heteroatoms. The van der Waals surface area contributed by atoms with Crippen LogP contribution in [0.1, 0.15) is 12.5 Å². The molecule has 1 aromatic rings. The third kappa shape index (κ3) is 3.30. The molecule has 6 nitrogen and oxygen atoms in total. The molecule has 0 aromatic heterocycles. The largest absolute Gasteiger partial charge is 0.478 e. The summed E-state index contributed by atoms with van der Waals surface area (Å²) >= 11 is 0. The summed E-state index contributed by atoms with van der Waals surface area (Å²) in [6.45, 7) is 2.37. The van der Waals surface area contributed by atoms with Crippen molar-refractivity contribution in [2.75, 3.05) is 11.9 Å². The Labute approximate surface area is 97.7 Å². The number of carboxylic acid groups (broad SMARTS) is 1. The first-order valence-electron chi connectivity index (χ1n) is 4.98. The van der Waals surface area contributed by atoms with Crippen molar-refractivity contribution in [1.82, 2.24) is 0 Å². The Morgan fingerprint density at radius 1 is 1.59 bits per heavy atom. The Hall–Kier alpha value is -2.37. The number of rotatable bonds is 5. The predicted molar refractivity (Wildman–Crippen MR) is 63.9 cm³/mol. The fourth-order valence-corrected chi connectivity index (χ4v) is 1.39. The zero-order chi connectivity index (χ0) is 12.8. The lowest BCUT2D eigenvalue weighted by molar-refractivity contribution is -0.384. The summed E-state index contributed by atoms with van der Waals surface area (Å²) in [6, 6.07) is 4.71. The van der Waals surface area contributed by atoms with Crippen LogP contribution in [-0.4, -0.2) is 22.5 Å². The predicted octanol–water partition coefficient (Wildman–Crippen LogP) is 2.12. The molecule has 0 spiro atoms. The first kappa shape index (κ1) is 12.7. The van der Waals surface area contributed by atoms with Crippen LogP contribution in [0.25, 0.3) is 6.08 Å². The number of nitro groups is 1. The van der Waals surface area contributed by atoms with Gasteiger partial charge in [-0.1, -0.05) is 6.07 Å². The summed E-state index contributed by atoms with van der Waals surface area (Å²) in [7, 11) is 0. The molecule has 17 heavy (non-hydrogen) atoms. The van der Waals surface area contributed by atoms with Gasteiger partial charge in [0.2, 0.25) is 0 Å². The second-order valence-electron chi connectivity index (χ2n) is 3.20. The van der Waals surface area contributed by atoms with Gasteiger partial charge in [0.1, 0.15) is 5.69 Å². The van der Waals surface area contributed by atoms with Crippen molar-refractivity contribution < 1.29 is 14.8 Å². The number of nitrogens with one attached hydrogen (secondary N) is 1. The van der Waals surface area contributed by atoms with Crippen LogP contribution in [0.5, 0.6) is 0 Å². The fourth-order valence-electron chi connectivity index (χ4n) is 1.39. The number of aliphatic carboxylic acids is 1. The van der Waals surface area contributed by atoms with Crippen molar-refractivity contribution >= 4 is 23.4 Å². The molecule has 90 valence electrons. The summed E-state index contributed by atoms with van der Waals surface area (Å²) in [4.78, 5) is 20.8. The summed E-state index contributed by atoms with van der Waals surface area (Å²) in [6.07, 6.45) is 2.08. The number of hydrogen-bond acceptors (Lipinski definition) is 4. The zero-order valence-electron chi connectivity index (χ0n) is 9.21. The Kier molecular flexibility index (Phi) is 4.21. The van der Waals surface area contributed by atoms with E-state index in [9.17, 15) is 14.9 Å². The Morgan fingerprint density at radius 2 is 2.29 bits per heavy atom. The molecule has 1 rings (SSSR count). The molecule has 0 aliphatic rings. The number of carboxylic acids is 1. The van der Waals surface area contributed by atoms with Crippen LogP contribution in [0.15, 0.2) is 24.3 Å². The Morgan fingerprint density at radius 3 is 2.82 bits per heavy atom. The van der Waals surface area contributed by atoms with Crippen molar-refractivity contribution in [3.05, 3.63) is 40.0 Å². The molecule has 0 amide bonds. The third-order valence-electron chi connectivity index (χ3n) is 2.02. The second-order valence-corrected chi connectivity index (χ2v) is 3.20. The maximum atomic E-state index is 10.9. The van der Waals surface area contributed by atoms with Crippen molar-refractivity contribution in [1.29, 1.82) is 0 Å². The van der Waals surface area contributed by atoms with E-state index in [1.165, 1.54) is 12.1 Å². The number of nitro benzene ring substituents is 1. The van der Waals surface area contributed by atoms with Gasteiger partial charge in [0.05, 0.1) is 10.5 Å². The highest BCUT2D eigenvalue weighted by Gasteiger charge is 2.17.